The van der Waals surface area contributed by atoms with E-state index in [0.717, 1.165) is 19.5 Å². The molecule has 116 valence electrons. The molecule has 23 heavy (non-hydrogen) atoms. The first-order valence-corrected chi connectivity index (χ1v) is 8.15. The predicted molar refractivity (Wildman–Crippen MR) is 95.7 cm³/mol. The first kappa shape index (κ1) is 14.3. The van der Waals surface area contributed by atoms with Gasteiger partial charge in [0, 0.05) is 19.0 Å². The fourth-order valence-corrected chi connectivity index (χ4v) is 3.75. The summed E-state index contributed by atoms with van der Waals surface area (Å²) in [5, 5.41) is 12.5. The Kier molecular flexibility index (Phi) is 3.55. The van der Waals surface area contributed by atoms with Crippen molar-refractivity contribution in [2.24, 2.45) is 0 Å². The summed E-state index contributed by atoms with van der Waals surface area (Å²) >= 11 is 0. The summed E-state index contributed by atoms with van der Waals surface area (Å²) in [5.74, 6) is 0.736. The number of allylic oxidation sites excluding steroid dienone is 3. The van der Waals surface area contributed by atoms with Gasteiger partial charge in [0.1, 0.15) is 5.76 Å². The monoisotopic (exact) mass is 303 g/mol. The van der Waals surface area contributed by atoms with Crippen molar-refractivity contribution in [3.05, 3.63) is 83.2 Å². The lowest BCUT2D eigenvalue weighted by molar-refractivity contribution is 0.357. The highest BCUT2D eigenvalue weighted by Gasteiger charge is 2.25. The van der Waals surface area contributed by atoms with Gasteiger partial charge in [-0.1, -0.05) is 54.1 Å². The summed E-state index contributed by atoms with van der Waals surface area (Å²) in [4.78, 5) is 2.35. The van der Waals surface area contributed by atoms with Gasteiger partial charge in [-0.3, -0.25) is 0 Å². The SMILES string of the molecule is CN1CC2=CC(O)=CC=C(C2)[C@H](c2ccc3ccccc3c2)C1. The molecule has 2 bridgehead atoms. The predicted octanol–water partition coefficient (Wildman–Crippen LogP) is 4.57. The highest BCUT2D eigenvalue weighted by Crippen LogP contribution is 2.35. The molecule has 1 aliphatic heterocycles. The Bertz CT molecular complexity index is 844. The van der Waals surface area contributed by atoms with Crippen LogP contribution >= 0.6 is 0 Å². The lowest BCUT2D eigenvalue weighted by atomic mass is 9.87. The Balaban J connectivity index is 1.80. The number of aliphatic hydroxyl groups is 1. The molecule has 1 fully saturated rings. The summed E-state index contributed by atoms with van der Waals surface area (Å²) in [6.45, 7) is 1.93. The van der Waals surface area contributed by atoms with Crippen LogP contribution in [0.4, 0.5) is 0 Å². The topological polar surface area (TPSA) is 23.5 Å². The largest absolute Gasteiger partial charge is 0.508 e. The molecule has 2 aliphatic rings. The van der Waals surface area contributed by atoms with E-state index in [1.54, 1.807) is 0 Å². The number of fused-ring (bicyclic) bond motifs is 3. The first-order chi connectivity index (χ1) is 11.2. The Morgan fingerprint density at radius 2 is 1.87 bits per heavy atom. The molecular formula is C21H21NO. The van der Waals surface area contributed by atoms with Gasteiger partial charge in [-0.05, 0) is 47.5 Å². The molecule has 1 atom stereocenters. The van der Waals surface area contributed by atoms with Gasteiger partial charge < -0.3 is 10.0 Å². The minimum atomic E-state index is 0.363. The van der Waals surface area contributed by atoms with Crippen molar-refractivity contribution in [2.45, 2.75) is 12.3 Å². The van der Waals surface area contributed by atoms with Crippen LogP contribution in [0.15, 0.2) is 77.6 Å². The van der Waals surface area contributed by atoms with E-state index in [1.165, 1.54) is 27.5 Å². The smallest absolute Gasteiger partial charge is 0.115 e. The highest BCUT2D eigenvalue weighted by atomic mass is 16.3. The normalized spacial score (nSPS) is 22.0. The van der Waals surface area contributed by atoms with Crippen molar-refractivity contribution in [1.29, 1.82) is 0 Å². The zero-order valence-electron chi connectivity index (χ0n) is 13.4. The number of rotatable bonds is 1. The van der Waals surface area contributed by atoms with Crippen LogP contribution in [0.3, 0.4) is 0 Å². The molecular weight excluding hydrogens is 282 g/mol. The number of aliphatic hydroxyl groups excluding tert-OH is 1. The van der Waals surface area contributed by atoms with E-state index < -0.39 is 0 Å². The van der Waals surface area contributed by atoms with E-state index in [4.69, 9.17) is 0 Å². The molecule has 2 aromatic rings. The van der Waals surface area contributed by atoms with Gasteiger partial charge in [-0.15, -0.1) is 0 Å². The number of hydrogen-bond acceptors (Lipinski definition) is 2. The van der Waals surface area contributed by atoms with E-state index in [0.29, 0.717) is 11.7 Å². The second-order valence-electron chi connectivity index (χ2n) is 6.67. The number of likely N-dealkylation sites (N-methyl/N-ethyl adjacent to an activating group) is 1. The molecule has 1 N–H and O–H groups in total. The van der Waals surface area contributed by atoms with E-state index in [1.807, 2.05) is 12.2 Å². The van der Waals surface area contributed by atoms with Gasteiger partial charge in [-0.25, -0.2) is 0 Å². The molecule has 0 unspecified atom stereocenters. The number of nitrogens with zero attached hydrogens (tertiary/aromatic N) is 1. The molecule has 0 spiro atoms. The van der Waals surface area contributed by atoms with Gasteiger partial charge in [0.25, 0.3) is 0 Å². The maximum absolute atomic E-state index is 9.93. The van der Waals surface area contributed by atoms with Crippen LogP contribution < -0.4 is 0 Å². The summed E-state index contributed by atoms with van der Waals surface area (Å²) in [7, 11) is 2.16. The Hall–Kier alpha value is -2.32. The van der Waals surface area contributed by atoms with Gasteiger partial charge in [-0.2, -0.15) is 0 Å². The number of benzene rings is 2. The standard InChI is InChI=1S/C21H21NO/c1-22-13-15-10-18(8-9-20(23)11-15)21(14-22)19-7-6-16-4-2-3-5-17(16)12-19/h2-9,11-12,21,23H,10,13-14H2,1H3/t21-/m1/s1. The average Bonchev–Trinajstić information content (AvgIpc) is 2.82. The Labute approximate surface area is 137 Å². The van der Waals surface area contributed by atoms with Crippen molar-refractivity contribution in [3.63, 3.8) is 0 Å². The fourth-order valence-electron chi connectivity index (χ4n) is 3.75. The van der Waals surface area contributed by atoms with E-state index in [2.05, 4.69) is 60.5 Å². The molecule has 2 nitrogen and oxygen atoms in total. The molecule has 1 aliphatic carbocycles. The molecule has 1 heterocycles. The van der Waals surface area contributed by atoms with E-state index in [-0.39, 0.29) is 0 Å². The van der Waals surface area contributed by atoms with E-state index >= 15 is 0 Å². The molecule has 0 amide bonds. The van der Waals surface area contributed by atoms with Crippen molar-refractivity contribution >= 4 is 10.8 Å². The third-order valence-corrected chi connectivity index (χ3v) is 4.84. The van der Waals surface area contributed by atoms with Crippen molar-refractivity contribution < 1.29 is 5.11 Å². The average molecular weight is 303 g/mol. The minimum Gasteiger partial charge on any atom is -0.508 e. The summed E-state index contributed by atoms with van der Waals surface area (Å²) in [6, 6.07) is 15.3. The summed E-state index contributed by atoms with van der Waals surface area (Å²) in [6.07, 6.45) is 6.81. The van der Waals surface area contributed by atoms with Crippen LogP contribution in [0.2, 0.25) is 0 Å². The lowest BCUT2D eigenvalue weighted by Crippen LogP contribution is -2.24. The maximum atomic E-state index is 9.93. The van der Waals surface area contributed by atoms with Crippen LogP contribution in [-0.2, 0) is 0 Å². The molecule has 0 radical (unpaired) electrons. The third-order valence-electron chi connectivity index (χ3n) is 4.84. The van der Waals surface area contributed by atoms with Gasteiger partial charge in [0.15, 0.2) is 0 Å². The Morgan fingerprint density at radius 1 is 1.04 bits per heavy atom. The van der Waals surface area contributed by atoms with Crippen LogP contribution in [-0.4, -0.2) is 30.1 Å². The second kappa shape index (κ2) is 5.71. The zero-order chi connectivity index (χ0) is 15.8. The van der Waals surface area contributed by atoms with Gasteiger partial charge >= 0.3 is 0 Å². The van der Waals surface area contributed by atoms with Gasteiger partial charge in [0.2, 0.25) is 0 Å². The second-order valence-corrected chi connectivity index (χ2v) is 6.67. The number of likely N-dealkylation sites (tertiary alicyclic amines) is 1. The Morgan fingerprint density at radius 3 is 2.74 bits per heavy atom. The lowest BCUT2D eigenvalue weighted by Gasteiger charge is -2.22. The third kappa shape index (κ3) is 2.82. The quantitative estimate of drug-likeness (QED) is 0.834. The molecule has 0 aromatic heterocycles. The van der Waals surface area contributed by atoms with Crippen molar-refractivity contribution in [3.8, 4) is 0 Å². The number of hydrogen-bond donors (Lipinski definition) is 1. The molecule has 4 rings (SSSR count). The molecule has 2 heteroatoms. The van der Waals surface area contributed by atoms with E-state index in [9.17, 15) is 5.11 Å². The molecule has 1 saturated heterocycles. The van der Waals surface area contributed by atoms with Crippen LogP contribution in [0.1, 0.15) is 17.9 Å². The van der Waals surface area contributed by atoms with Crippen molar-refractivity contribution in [2.75, 3.05) is 20.1 Å². The fraction of sp³-hybridized carbons (Fsp3) is 0.238. The summed E-state index contributed by atoms with van der Waals surface area (Å²) in [5.41, 5.74) is 4.03. The zero-order valence-corrected chi connectivity index (χ0v) is 13.4. The van der Waals surface area contributed by atoms with Crippen LogP contribution in [0.5, 0.6) is 0 Å². The van der Waals surface area contributed by atoms with Crippen LogP contribution in [0.25, 0.3) is 10.8 Å². The minimum absolute atomic E-state index is 0.363. The maximum Gasteiger partial charge on any atom is 0.115 e. The summed E-state index contributed by atoms with van der Waals surface area (Å²) < 4.78 is 0. The van der Waals surface area contributed by atoms with Crippen LogP contribution in [0, 0.1) is 0 Å². The molecule has 0 saturated carbocycles. The van der Waals surface area contributed by atoms with Crippen molar-refractivity contribution in [1.82, 2.24) is 4.90 Å². The highest BCUT2D eigenvalue weighted by molar-refractivity contribution is 5.83. The first-order valence-electron chi connectivity index (χ1n) is 8.15. The van der Waals surface area contributed by atoms with Gasteiger partial charge in [0.05, 0.1) is 0 Å². The molecule has 2 aromatic carbocycles.